The average Bonchev–Trinajstić information content (AvgIpc) is 3.25. The lowest BCUT2D eigenvalue weighted by atomic mass is 10.1. The van der Waals surface area contributed by atoms with Crippen LogP contribution < -0.4 is 10.1 Å². The lowest BCUT2D eigenvalue weighted by Crippen LogP contribution is -2.32. The molecular formula is C17H17F2N3O2S. The molecule has 0 aliphatic rings. The molecule has 2 aromatic heterocycles. The predicted octanol–water partition coefficient (Wildman–Crippen LogP) is 3.44. The number of halogens is 2. The number of fused-ring (bicyclic) bond motifs is 1. The first-order valence-corrected chi connectivity index (χ1v) is 8.61. The predicted molar refractivity (Wildman–Crippen MR) is 92.2 cm³/mol. The van der Waals surface area contributed by atoms with Gasteiger partial charge in [-0.15, -0.1) is 11.3 Å². The van der Waals surface area contributed by atoms with E-state index >= 15 is 0 Å². The molecule has 3 aromatic rings. The topological polar surface area (TPSA) is 67.0 Å². The summed E-state index contributed by atoms with van der Waals surface area (Å²) in [5.41, 5.74) is 5.13. The number of amides is 1. The lowest BCUT2D eigenvalue weighted by molar-refractivity contribution is -0.126. The van der Waals surface area contributed by atoms with Gasteiger partial charge in [0.15, 0.2) is 0 Å². The molecule has 1 aromatic carbocycles. The van der Waals surface area contributed by atoms with Crippen molar-refractivity contribution >= 4 is 28.1 Å². The molecule has 2 N–H and O–H groups in total. The molecule has 1 unspecified atom stereocenters. The number of carbonyl (C=O) groups is 1. The van der Waals surface area contributed by atoms with E-state index in [0.29, 0.717) is 12.3 Å². The number of aromatic nitrogens is 2. The molecule has 8 heteroatoms. The summed E-state index contributed by atoms with van der Waals surface area (Å²) in [4.78, 5) is 18.6. The summed E-state index contributed by atoms with van der Waals surface area (Å²) in [6.45, 7) is 1.11. The van der Waals surface area contributed by atoms with Gasteiger partial charge in [0, 0.05) is 28.0 Å². The number of carbonyl (C=O) groups excluding carboxylic acids is 1. The molecule has 132 valence electrons. The van der Waals surface area contributed by atoms with Gasteiger partial charge in [-0.2, -0.15) is 0 Å². The first kappa shape index (κ1) is 17.3. The smallest absolute Gasteiger partial charge is 0.257 e. The van der Waals surface area contributed by atoms with Crippen LogP contribution in [0.3, 0.4) is 0 Å². The molecular weight excluding hydrogens is 348 g/mol. The van der Waals surface area contributed by atoms with Gasteiger partial charge >= 0.3 is 0 Å². The van der Waals surface area contributed by atoms with Gasteiger partial charge in [0.1, 0.15) is 19.0 Å². The molecule has 1 atom stereocenters. The zero-order valence-electron chi connectivity index (χ0n) is 13.5. The highest BCUT2D eigenvalue weighted by Crippen LogP contribution is 2.26. The molecule has 0 radical (unpaired) electrons. The van der Waals surface area contributed by atoms with Crippen LogP contribution >= 0.6 is 11.3 Å². The van der Waals surface area contributed by atoms with Crippen LogP contribution in [0.15, 0.2) is 29.1 Å². The van der Waals surface area contributed by atoms with Crippen LogP contribution in [-0.4, -0.2) is 28.7 Å². The van der Waals surface area contributed by atoms with Crippen molar-refractivity contribution < 1.29 is 18.3 Å². The normalized spacial score (nSPS) is 12.3. The molecule has 0 saturated heterocycles. The third-order valence-corrected chi connectivity index (χ3v) is 4.34. The number of alkyl halides is 2. The average molecular weight is 365 g/mol. The highest BCUT2D eigenvalue weighted by atomic mass is 32.1. The standard InChI is InChI=1S/C17H17F2N3O2S/c1-10-2-11-3-12(6-20-17(23)14(19)5-18)22-15(11)4-16(10)24-7-13-8-25-9-21-13/h2-4,8-9,14,22H,5-7H2,1H3,(H,20,23). The van der Waals surface area contributed by atoms with Crippen molar-refractivity contribution in [2.24, 2.45) is 0 Å². The van der Waals surface area contributed by atoms with E-state index in [1.165, 1.54) is 11.3 Å². The maximum atomic E-state index is 12.9. The van der Waals surface area contributed by atoms with Gasteiger partial charge < -0.3 is 15.0 Å². The number of aromatic amines is 1. The van der Waals surface area contributed by atoms with Gasteiger partial charge in [0.05, 0.1) is 17.7 Å². The van der Waals surface area contributed by atoms with E-state index in [1.54, 1.807) is 5.51 Å². The third-order valence-electron chi connectivity index (χ3n) is 3.70. The molecule has 0 aliphatic carbocycles. The van der Waals surface area contributed by atoms with Crippen molar-refractivity contribution in [1.29, 1.82) is 0 Å². The number of rotatable bonds is 7. The number of H-pyrrole nitrogens is 1. The summed E-state index contributed by atoms with van der Waals surface area (Å²) in [6, 6.07) is 5.70. The fraction of sp³-hybridized carbons (Fsp3) is 0.294. The summed E-state index contributed by atoms with van der Waals surface area (Å²) in [7, 11) is 0. The number of ether oxygens (including phenoxy) is 1. The highest BCUT2D eigenvalue weighted by molar-refractivity contribution is 7.07. The first-order valence-electron chi connectivity index (χ1n) is 7.66. The second kappa shape index (κ2) is 7.60. The molecule has 5 nitrogen and oxygen atoms in total. The van der Waals surface area contributed by atoms with E-state index in [2.05, 4.69) is 15.3 Å². The third kappa shape index (κ3) is 4.14. The number of hydrogen-bond donors (Lipinski definition) is 2. The Morgan fingerprint density at radius 3 is 3.00 bits per heavy atom. The molecule has 25 heavy (non-hydrogen) atoms. The Balaban J connectivity index is 1.70. The van der Waals surface area contributed by atoms with Crippen molar-refractivity contribution in [1.82, 2.24) is 15.3 Å². The van der Waals surface area contributed by atoms with Gasteiger partial charge in [-0.1, -0.05) is 0 Å². The van der Waals surface area contributed by atoms with Gasteiger partial charge in [0.2, 0.25) is 6.17 Å². The summed E-state index contributed by atoms with van der Waals surface area (Å²) in [5, 5.41) is 5.24. The zero-order chi connectivity index (χ0) is 17.8. The Kier molecular flexibility index (Phi) is 5.28. The van der Waals surface area contributed by atoms with Gasteiger partial charge in [0.25, 0.3) is 5.91 Å². The largest absolute Gasteiger partial charge is 0.487 e. The number of nitrogens with zero attached hydrogens (tertiary/aromatic N) is 1. The number of thiazole rings is 1. The van der Waals surface area contributed by atoms with E-state index < -0.39 is 18.8 Å². The van der Waals surface area contributed by atoms with Crippen LogP contribution in [0.4, 0.5) is 8.78 Å². The summed E-state index contributed by atoms with van der Waals surface area (Å²) >= 11 is 1.51. The van der Waals surface area contributed by atoms with Crippen LogP contribution in [0, 0.1) is 6.92 Å². The quantitative estimate of drug-likeness (QED) is 0.674. The fourth-order valence-electron chi connectivity index (χ4n) is 2.41. The maximum absolute atomic E-state index is 12.9. The summed E-state index contributed by atoms with van der Waals surface area (Å²) in [6.07, 6.45) is -2.13. The molecule has 0 saturated carbocycles. The Morgan fingerprint density at radius 1 is 1.44 bits per heavy atom. The molecule has 0 bridgehead atoms. The van der Waals surface area contributed by atoms with Crippen LogP contribution in [0.5, 0.6) is 5.75 Å². The van der Waals surface area contributed by atoms with Crippen molar-refractivity contribution in [2.45, 2.75) is 26.2 Å². The van der Waals surface area contributed by atoms with Crippen LogP contribution in [0.25, 0.3) is 10.9 Å². The SMILES string of the molecule is Cc1cc2cc(CNC(=O)C(F)CF)[nH]c2cc1OCc1cscn1. The number of hydrogen-bond acceptors (Lipinski definition) is 4. The van der Waals surface area contributed by atoms with E-state index in [1.807, 2.05) is 30.5 Å². The minimum Gasteiger partial charge on any atom is -0.487 e. The number of nitrogens with one attached hydrogen (secondary N) is 2. The maximum Gasteiger partial charge on any atom is 0.257 e. The Hall–Kier alpha value is -2.48. The Labute approximate surface area is 147 Å². The van der Waals surface area contributed by atoms with Crippen molar-refractivity contribution in [3.05, 3.63) is 46.0 Å². The highest BCUT2D eigenvalue weighted by Gasteiger charge is 2.16. The monoisotopic (exact) mass is 365 g/mol. The second-order valence-electron chi connectivity index (χ2n) is 5.61. The molecule has 0 fully saturated rings. The Bertz CT molecular complexity index is 864. The molecule has 2 heterocycles. The molecule has 1 amide bonds. The van der Waals surface area contributed by atoms with E-state index in [-0.39, 0.29) is 6.54 Å². The van der Waals surface area contributed by atoms with Crippen LogP contribution in [-0.2, 0) is 17.9 Å². The summed E-state index contributed by atoms with van der Waals surface area (Å²) < 4.78 is 30.9. The fourth-order valence-corrected chi connectivity index (χ4v) is 2.95. The van der Waals surface area contributed by atoms with Crippen molar-refractivity contribution in [3.63, 3.8) is 0 Å². The number of aryl methyl sites for hydroxylation is 1. The zero-order valence-corrected chi connectivity index (χ0v) is 14.3. The minimum absolute atomic E-state index is 0.0992. The van der Waals surface area contributed by atoms with Gasteiger partial charge in [-0.3, -0.25) is 4.79 Å². The minimum atomic E-state index is -2.13. The lowest BCUT2D eigenvalue weighted by Gasteiger charge is -2.08. The Morgan fingerprint density at radius 2 is 2.28 bits per heavy atom. The van der Waals surface area contributed by atoms with Crippen molar-refractivity contribution in [2.75, 3.05) is 6.67 Å². The first-order chi connectivity index (χ1) is 12.1. The van der Waals surface area contributed by atoms with Crippen LogP contribution in [0.1, 0.15) is 17.0 Å². The van der Waals surface area contributed by atoms with E-state index in [0.717, 1.165) is 27.9 Å². The van der Waals surface area contributed by atoms with Crippen molar-refractivity contribution in [3.8, 4) is 5.75 Å². The number of benzene rings is 1. The molecule has 0 aliphatic heterocycles. The van der Waals surface area contributed by atoms with Gasteiger partial charge in [-0.05, 0) is 24.6 Å². The van der Waals surface area contributed by atoms with E-state index in [9.17, 15) is 13.6 Å². The second-order valence-corrected chi connectivity index (χ2v) is 6.33. The molecule has 3 rings (SSSR count). The van der Waals surface area contributed by atoms with Crippen LogP contribution in [0.2, 0.25) is 0 Å². The summed E-state index contributed by atoms with van der Waals surface area (Å²) in [5.74, 6) is -0.219. The van der Waals surface area contributed by atoms with Gasteiger partial charge in [-0.25, -0.2) is 13.8 Å². The van der Waals surface area contributed by atoms with E-state index in [4.69, 9.17) is 4.74 Å². The molecule has 0 spiro atoms.